The predicted octanol–water partition coefficient (Wildman–Crippen LogP) is 4.00. The van der Waals surface area contributed by atoms with Gasteiger partial charge in [0.2, 0.25) is 0 Å². The minimum absolute atomic E-state index is 0.00981. The van der Waals surface area contributed by atoms with Crippen molar-refractivity contribution in [3.8, 4) is 5.69 Å². The number of alkyl halides is 3. The average Bonchev–Trinajstić information content (AvgIpc) is 2.65. The minimum Gasteiger partial charge on any atom is -0.225 e. The number of benzene rings is 1. The van der Waals surface area contributed by atoms with E-state index in [0.717, 1.165) is 6.20 Å². The van der Waals surface area contributed by atoms with E-state index >= 15 is 0 Å². The van der Waals surface area contributed by atoms with E-state index in [-0.39, 0.29) is 15.7 Å². The summed E-state index contributed by atoms with van der Waals surface area (Å²) in [7, 11) is 0. The van der Waals surface area contributed by atoms with Crippen molar-refractivity contribution in [1.82, 2.24) is 9.78 Å². The molecule has 0 aliphatic carbocycles. The molecule has 17 heavy (non-hydrogen) atoms. The van der Waals surface area contributed by atoms with E-state index in [4.69, 9.17) is 23.2 Å². The van der Waals surface area contributed by atoms with Crippen LogP contribution in [0.1, 0.15) is 5.69 Å². The van der Waals surface area contributed by atoms with Gasteiger partial charge in [-0.1, -0.05) is 29.3 Å². The van der Waals surface area contributed by atoms with Crippen molar-refractivity contribution in [3.63, 3.8) is 0 Å². The van der Waals surface area contributed by atoms with Gasteiger partial charge in [0, 0.05) is 6.07 Å². The summed E-state index contributed by atoms with van der Waals surface area (Å²) in [6.07, 6.45) is -3.65. The zero-order chi connectivity index (χ0) is 12.6. The maximum Gasteiger partial charge on any atom is 0.434 e. The van der Waals surface area contributed by atoms with Gasteiger partial charge >= 0.3 is 6.18 Å². The van der Waals surface area contributed by atoms with Crippen molar-refractivity contribution in [1.29, 1.82) is 0 Å². The van der Waals surface area contributed by atoms with Gasteiger partial charge in [0.1, 0.15) is 5.69 Å². The number of hydrogen-bond donors (Lipinski definition) is 0. The van der Waals surface area contributed by atoms with Crippen LogP contribution < -0.4 is 0 Å². The van der Waals surface area contributed by atoms with Gasteiger partial charge in [-0.2, -0.15) is 18.3 Å². The highest BCUT2D eigenvalue weighted by atomic mass is 35.5. The van der Waals surface area contributed by atoms with Gasteiger partial charge in [0.25, 0.3) is 0 Å². The molecule has 7 heteroatoms. The van der Waals surface area contributed by atoms with Crippen molar-refractivity contribution < 1.29 is 13.2 Å². The third-order valence-corrected chi connectivity index (χ3v) is 2.61. The molecule has 2 aromatic rings. The van der Waals surface area contributed by atoms with Gasteiger partial charge in [-0.15, -0.1) is 0 Å². The van der Waals surface area contributed by atoms with Crippen molar-refractivity contribution in [3.05, 3.63) is 46.2 Å². The molecule has 0 fully saturated rings. The molecule has 0 saturated carbocycles. The first-order chi connectivity index (χ1) is 7.91. The Labute approximate surface area is 105 Å². The molecular weight excluding hydrogens is 276 g/mol. The third-order valence-electron chi connectivity index (χ3n) is 2.00. The van der Waals surface area contributed by atoms with E-state index in [9.17, 15) is 13.2 Å². The second-order valence-corrected chi connectivity index (χ2v) is 3.93. The smallest absolute Gasteiger partial charge is 0.225 e. The second kappa shape index (κ2) is 4.23. The van der Waals surface area contributed by atoms with Crippen LogP contribution >= 0.6 is 23.2 Å². The minimum atomic E-state index is -4.57. The van der Waals surface area contributed by atoms with Crippen molar-refractivity contribution in [2.24, 2.45) is 0 Å². The summed E-state index contributed by atoms with van der Waals surface area (Å²) in [5.41, 5.74) is -1.06. The Bertz CT molecular complexity index is 528. The highest BCUT2D eigenvalue weighted by molar-refractivity contribution is 6.37. The molecule has 2 nitrogen and oxygen atoms in total. The molecule has 0 amide bonds. The van der Waals surface area contributed by atoms with Crippen LogP contribution in [0.4, 0.5) is 13.2 Å². The van der Waals surface area contributed by atoms with Crippen LogP contribution in [0.3, 0.4) is 0 Å². The number of aromatic nitrogens is 2. The largest absolute Gasteiger partial charge is 0.434 e. The molecule has 0 unspecified atom stereocenters. The summed E-state index contributed by atoms with van der Waals surface area (Å²) in [4.78, 5) is 0. The Morgan fingerprint density at radius 3 is 2.29 bits per heavy atom. The van der Waals surface area contributed by atoms with Crippen molar-refractivity contribution >= 4 is 23.2 Å². The van der Waals surface area contributed by atoms with Crippen LogP contribution in [0.2, 0.25) is 10.0 Å². The van der Waals surface area contributed by atoms with Gasteiger partial charge in [-0.3, -0.25) is 0 Å². The molecule has 0 atom stereocenters. The first-order valence-electron chi connectivity index (χ1n) is 4.38. The molecular formula is C10H4Cl2F3N2. The van der Waals surface area contributed by atoms with E-state index in [2.05, 4.69) is 5.10 Å². The van der Waals surface area contributed by atoms with E-state index in [0.29, 0.717) is 4.68 Å². The van der Waals surface area contributed by atoms with Crippen LogP contribution in [0.25, 0.3) is 5.69 Å². The number of para-hydroxylation sites is 1. The van der Waals surface area contributed by atoms with Gasteiger partial charge in [-0.25, -0.2) is 4.68 Å². The van der Waals surface area contributed by atoms with E-state index in [1.807, 2.05) is 6.07 Å². The highest BCUT2D eigenvalue weighted by Gasteiger charge is 2.36. The van der Waals surface area contributed by atoms with Gasteiger partial charge in [0.15, 0.2) is 5.69 Å². The van der Waals surface area contributed by atoms with Crippen LogP contribution in [-0.4, -0.2) is 9.78 Å². The van der Waals surface area contributed by atoms with Crippen LogP contribution in [0.15, 0.2) is 24.4 Å². The molecule has 0 aliphatic rings. The van der Waals surface area contributed by atoms with Crippen LogP contribution in [0, 0.1) is 6.07 Å². The molecule has 2 rings (SSSR count). The summed E-state index contributed by atoms with van der Waals surface area (Å²) >= 11 is 11.6. The van der Waals surface area contributed by atoms with Crippen molar-refractivity contribution in [2.45, 2.75) is 6.18 Å². The first-order valence-corrected chi connectivity index (χ1v) is 5.14. The maximum absolute atomic E-state index is 12.7. The summed E-state index contributed by atoms with van der Waals surface area (Å²) in [5.74, 6) is 0. The Morgan fingerprint density at radius 2 is 1.76 bits per heavy atom. The van der Waals surface area contributed by atoms with Gasteiger partial charge in [-0.05, 0) is 12.1 Å². The fourth-order valence-corrected chi connectivity index (χ4v) is 1.89. The lowest BCUT2D eigenvalue weighted by Gasteiger charge is -2.12. The number of hydrogen-bond acceptors (Lipinski definition) is 1. The SMILES string of the molecule is FC(F)(F)c1[c]cnn1-c1c(Cl)cccc1Cl. The Hall–Kier alpha value is -1.20. The third kappa shape index (κ3) is 2.25. The average molecular weight is 280 g/mol. The second-order valence-electron chi connectivity index (χ2n) is 3.12. The fraction of sp³-hybridized carbons (Fsp3) is 0.100. The number of halogens is 5. The Morgan fingerprint density at radius 1 is 1.18 bits per heavy atom. The zero-order valence-electron chi connectivity index (χ0n) is 8.09. The molecule has 0 bridgehead atoms. The Balaban J connectivity index is 2.66. The summed E-state index contributed by atoms with van der Waals surface area (Å²) in [5, 5.41) is 3.71. The Kier molecular flexibility index (Phi) is 3.05. The number of rotatable bonds is 1. The van der Waals surface area contributed by atoms with Crippen LogP contribution in [-0.2, 0) is 6.18 Å². The molecule has 1 radical (unpaired) electrons. The molecule has 0 aliphatic heterocycles. The lowest BCUT2D eigenvalue weighted by Crippen LogP contribution is -2.14. The maximum atomic E-state index is 12.7. The topological polar surface area (TPSA) is 17.8 Å². The normalized spacial score (nSPS) is 11.8. The van der Waals surface area contributed by atoms with Gasteiger partial charge < -0.3 is 0 Å². The number of nitrogens with zero attached hydrogens (tertiary/aromatic N) is 2. The lowest BCUT2D eigenvalue weighted by atomic mass is 10.3. The molecule has 1 heterocycles. The monoisotopic (exact) mass is 279 g/mol. The molecule has 1 aromatic heterocycles. The van der Waals surface area contributed by atoms with Crippen molar-refractivity contribution in [2.75, 3.05) is 0 Å². The van der Waals surface area contributed by atoms with Gasteiger partial charge in [0.05, 0.1) is 16.2 Å². The lowest BCUT2D eigenvalue weighted by molar-refractivity contribution is -0.143. The first kappa shape index (κ1) is 12.3. The summed E-state index contributed by atoms with van der Waals surface area (Å²) in [6, 6.07) is 6.41. The molecule has 0 saturated heterocycles. The fourth-order valence-electron chi connectivity index (χ4n) is 1.33. The van der Waals surface area contributed by atoms with E-state index < -0.39 is 11.9 Å². The molecule has 0 spiro atoms. The molecule has 1 aromatic carbocycles. The predicted molar refractivity (Wildman–Crippen MR) is 57.4 cm³/mol. The van der Waals surface area contributed by atoms with E-state index in [1.165, 1.54) is 18.2 Å². The standard InChI is InChI=1S/C10H4Cl2F3N2/c11-6-2-1-3-7(12)9(6)17-8(4-5-16-17)10(13,14)15/h1-3,5H. The zero-order valence-corrected chi connectivity index (χ0v) is 9.61. The summed E-state index contributed by atoms with van der Waals surface area (Å²) < 4.78 is 38.6. The van der Waals surface area contributed by atoms with Crippen LogP contribution in [0.5, 0.6) is 0 Å². The van der Waals surface area contributed by atoms with E-state index in [1.54, 1.807) is 0 Å². The molecule has 89 valence electrons. The molecule has 0 N–H and O–H groups in total. The highest BCUT2D eigenvalue weighted by Crippen LogP contribution is 2.34. The summed E-state index contributed by atoms with van der Waals surface area (Å²) in [6.45, 7) is 0. The quantitative estimate of drug-likeness (QED) is 0.772.